The van der Waals surface area contributed by atoms with Crippen LogP contribution in [-0.2, 0) is 4.74 Å². The highest BCUT2D eigenvalue weighted by Crippen LogP contribution is 2.29. The number of aromatic amines is 1. The number of ether oxygens (including phenoxy) is 2. The summed E-state index contributed by atoms with van der Waals surface area (Å²) in [5.74, 6) is 1.14. The SMILES string of the molecule is CCOC(=O)c1cc2oc(-c3ccc(OC)cc3)cc2[nH]1. The summed E-state index contributed by atoms with van der Waals surface area (Å²) in [6.07, 6.45) is 0. The van der Waals surface area contributed by atoms with Crippen molar-refractivity contribution in [2.45, 2.75) is 6.92 Å². The zero-order valence-electron chi connectivity index (χ0n) is 11.8. The molecule has 0 saturated carbocycles. The highest BCUT2D eigenvalue weighted by atomic mass is 16.5. The summed E-state index contributed by atoms with van der Waals surface area (Å²) in [6.45, 7) is 2.11. The van der Waals surface area contributed by atoms with Crippen LogP contribution < -0.4 is 4.74 Å². The third kappa shape index (κ3) is 2.50. The summed E-state index contributed by atoms with van der Waals surface area (Å²) >= 11 is 0. The van der Waals surface area contributed by atoms with Gasteiger partial charge in [0.2, 0.25) is 0 Å². The molecule has 21 heavy (non-hydrogen) atoms. The third-order valence-electron chi connectivity index (χ3n) is 3.18. The van der Waals surface area contributed by atoms with Gasteiger partial charge in [0.25, 0.3) is 0 Å². The van der Waals surface area contributed by atoms with Crippen molar-refractivity contribution in [3.05, 3.63) is 42.1 Å². The number of rotatable bonds is 4. The van der Waals surface area contributed by atoms with Crippen molar-refractivity contribution < 1.29 is 18.7 Å². The van der Waals surface area contributed by atoms with Crippen LogP contribution in [0.1, 0.15) is 17.4 Å². The smallest absolute Gasteiger partial charge is 0.354 e. The van der Waals surface area contributed by atoms with Gasteiger partial charge < -0.3 is 18.9 Å². The molecule has 0 aliphatic rings. The minimum absolute atomic E-state index is 0.344. The zero-order valence-corrected chi connectivity index (χ0v) is 11.8. The standard InChI is InChI=1S/C16H15NO4/c1-3-20-16(18)13-9-15-12(17-13)8-14(21-15)10-4-6-11(19-2)7-5-10/h4-9,17H,3H2,1-2H3. The van der Waals surface area contributed by atoms with Gasteiger partial charge in [-0.2, -0.15) is 0 Å². The van der Waals surface area contributed by atoms with Gasteiger partial charge in [-0.15, -0.1) is 0 Å². The Balaban J connectivity index is 1.91. The number of hydrogen-bond donors (Lipinski definition) is 1. The lowest BCUT2D eigenvalue weighted by Crippen LogP contribution is -2.04. The Bertz CT molecular complexity index is 736. The Kier molecular flexibility index (Phi) is 3.39. The first kappa shape index (κ1) is 13.3. The van der Waals surface area contributed by atoms with Crippen molar-refractivity contribution in [3.8, 4) is 17.1 Å². The predicted molar refractivity (Wildman–Crippen MR) is 78.5 cm³/mol. The lowest BCUT2D eigenvalue weighted by Gasteiger charge is -2.00. The van der Waals surface area contributed by atoms with E-state index in [0.717, 1.165) is 22.6 Å². The maximum atomic E-state index is 11.6. The molecule has 2 heterocycles. The number of carbonyl (C=O) groups excluding carboxylic acids is 1. The zero-order chi connectivity index (χ0) is 14.8. The Labute approximate surface area is 121 Å². The van der Waals surface area contributed by atoms with Crippen LogP contribution in [0.25, 0.3) is 22.4 Å². The topological polar surface area (TPSA) is 64.5 Å². The minimum Gasteiger partial charge on any atom is -0.497 e. The lowest BCUT2D eigenvalue weighted by molar-refractivity contribution is 0.0520. The summed E-state index contributed by atoms with van der Waals surface area (Å²) < 4.78 is 15.8. The van der Waals surface area contributed by atoms with Crippen molar-refractivity contribution in [1.82, 2.24) is 4.98 Å². The Morgan fingerprint density at radius 1 is 1.24 bits per heavy atom. The van der Waals surface area contributed by atoms with Crippen molar-refractivity contribution in [3.63, 3.8) is 0 Å². The summed E-state index contributed by atoms with van der Waals surface area (Å²) in [4.78, 5) is 14.6. The molecule has 0 fully saturated rings. The van der Waals surface area contributed by atoms with Crippen LogP contribution in [0.5, 0.6) is 5.75 Å². The molecule has 0 bridgehead atoms. The monoisotopic (exact) mass is 285 g/mol. The van der Waals surface area contributed by atoms with E-state index in [1.54, 1.807) is 20.1 Å². The van der Waals surface area contributed by atoms with Gasteiger partial charge in [0.05, 0.1) is 19.2 Å². The van der Waals surface area contributed by atoms with Crippen LogP contribution in [0.15, 0.2) is 40.8 Å². The molecule has 5 heteroatoms. The molecule has 0 aliphatic carbocycles. The van der Waals surface area contributed by atoms with Gasteiger partial charge in [-0.3, -0.25) is 0 Å². The first-order chi connectivity index (χ1) is 10.2. The van der Waals surface area contributed by atoms with Gasteiger partial charge in [0.1, 0.15) is 17.2 Å². The van der Waals surface area contributed by atoms with Crippen LogP contribution in [0.3, 0.4) is 0 Å². The summed E-state index contributed by atoms with van der Waals surface area (Å²) in [6, 6.07) is 11.1. The van der Waals surface area contributed by atoms with Crippen LogP contribution in [0, 0.1) is 0 Å². The molecule has 2 aromatic heterocycles. The summed E-state index contributed by atoms with van der Waals surface area (Å²) in [5.41, 5.74) is 2.73. The van der Waals surface area contributed by atoms with E-state index in [4.69, 9.17) is 13.9 Å². The second-order valence-corrected chi connectivity index (χ2v) is 4.52. The Morgan fingerprint density at radius 2 is 2.00 bits per heavy atom. The number of carbonyl (C=O) groups is 1. The van der Waals surface area contributed by atoms with Crippen molar-refractivity contribution >= 4 is 17.1 Å². The summed E-state index contributed by atoms with van der Waals surface area (Å²) in [7, 11) is 1.63. The first-order valence-corrected chi connectivity index (χ1v) is 6.65. The molecule has 0 amide bonds. The van der Waals surface area contributed by atoms with Crippen molar-refractivity contribution in [2.24, 2.45) is 0 Å². The van der Waals surface area contributed by atoms with Gasteiger partial charge in [0, 0.05) is 17.7 Å². The quantitative estimate of drug-likeness (QED) is 0.744. The molecule has 3 rings (SSSR count). The molecule has 0 spiro atoms. The van der Waals surface area contributed by atoms with Gasteiger partial charge in [-0.25, -0.2) is 4.79 Å². The van der Waals surface area contributed by atoms with E-state index in [1.165, 1.54) is 0 Å². The van der Waals surface area contributed by atoms with Crippen molar-refractivity contribution in [2.75, 3.05) is 13.7 Å². The molecule has 3 aromatic rings. The van der Waals surface area contributed by atoms with Gasteiger partial charge in [-0.05, 0) is 31.2 Å². The lowest BCUT2D eigenvalue weighted by atomic mass is 10.2. The normalized spacial score (nSPS) is 10.8. The largest absolute Gasteiger partial charge is 0.497 e. The van der Waals surface area contributed by atoms with E-state index < -0.39 is 0 Å². The maximum absolute atomic E-state index is 11.6. The fraction of sp³-hybridized carbons (Fsp3) is 0.188. The molecule has 0 radical (unpaired) electrons. The highest BCUT2D eigenvalue weighted by Gasteiger charge is 2.14. The molecule has 0 saturated heterocycles. The van der Waals surface area contributed by atoms with Gasteiger partial charge in [0.15, 0.2) is 5.58 Å². The second-order valence-electron chi connectivity index (χ2n) is 4.52. The number of benzene rings is 1. The second kappa shape index (κ2) is 5.36. The van der Waals surface area contributed by atoms with Gasteiger partial charge >= 0.3 is 5.97 Å². The number of esters is 1. The van der Waals surface area contributed by atoms with E-state index in [1.807, 2.05) is 30.3 Å². The molecule has 1 aromatic carbocycles. The predicted octanol–water partition coefficient (Wildman–Crippen LogP) is 3.61. The molecule has 108 valence electrons. The van der Waals surface area contributed by atoms with Crippen LogP contribution in [-0.4, -0.2) is 24.7 Å². The van der Waals surface area contributed by atoms with E-state index >= 15 is 0 Å². The van der Waals surface area contributed by atoms with E-state index in [9.17, 15) is 4.79 Å². The molecular formula is C16H15NO4. The number of nitrogens with one attached hydrogen (secondary N) is 1. The maximum Gasteiger partial charge on any atom is 0.354 e. The van der Waals surface area contributed by atoms with Crippen LogP contribution >= 0.6 is 0 Å². The Hall–Kier alpha value is -2.69. The molecule has 0 aliphatic heterocycles. The van der Waals surface area contributed by atoms with E-state index in [0.29, 0.717) is 17.9 Å². The Morgan fingerprint density at radius 3 is 2.62 bits per heavy atom. The van der Waals surface area contributed by atoms with Crippen molar-refractivity contribution in [1.29, 1.82) is 0 Å². The third-order valence-corrected chi connectivity index (χ3v) is 3.18. The molecule has 0 atom stereocenters. The molecule has 1 N–H and O–H groups in total. The highest BCUT2D eigenvalue weighted by molar-refractivity contribution is 5.94. The van der Waals surface area contributed by atoms with E-state index in [2.05, 4.69) is 4.98 Å². The minimum atomic E-state index is -0.380. The number of fused-ring (bicyclic) bond motifs is 1. The van der Waals surface area contributed by atoms with Crippen LogP contribution in [0.4, 0.5) is 0 Å². The number of methoxy groups -OCH3 is 1. The van der Waals surface area contributed by atoms with Gasteiger partial charge in [-0.1, -0.05) is 0 Å². The first-order valence-electron chi connectivity index (χ1n) is 6.65. The number of aromatic nitrogens is 1. The average molecular weight is 285 g/mol. The summed E-state index contributed by atoms with van der Waals surface area (Å²) in [5, 5.41) is 0. The fourth-order valence-electron chi connectivity index (χ4n) is 2.14. The average Bonchev–Trinajstić information content (AvgIpc) is 3.06. The molecule has 5 nitrogen and oxygen atoms in total. The van der Waals surface area contributed by atoms with Crippen LogP contribution in [0.2, 0.25) is 0 Å². The van der Waals surface area contributed by atoms with E-state index in [-0.39, 0.29) is 5.97 Å². The fourth-order valence-corrected chi connectivity index (χ4v) is 2.14. The molecule has 0 unspecified atom stereocenters. The molecular weight excluding hydrogens is 270 g/mol. The number of hydrogen-bond acceptors (Lipinski definition) is 4. The number of H-pyrrole nitrogens is 1. The number of furan rings is 1.